The number of nitrogens with zero attached hydrogens (tertiary/aromatic N) is 3. The zero-order valence-electron chi connectivity index (χ0n) is 18.5. The van der Waals surface area contributed by atoms with Crippen molar-refractivity contribution in [3.63, 3.8) is 0 Å². The van der Waals surface area contributed by atoms with Crippen LogP contribution in [-0.2, 0) is 4.79 Å². The molecule has 0 atom stereocenters. The number of benzene rings is 3. The first kappa shape index (κ1) is 20.7. The molecule has 1 aliphatic carbocycles. The largest absolute Gasteiger partial charge is 0.496 e. The SMILES string of the molecule is CCC1=C(CC(=O)On2nnc3ccccc32)c2c(OC)cccc2/C1=C\c1ccccc1. The molecule has 0 saturated carbocycles. The Balaban J connectivity index is 1.55. The van der Waals surface area contributed by atoms with E-state index in [9.17, 15) is 4.79 Å². The summed E-state index contributed by atoms with van der Waals surface area (Å²) in [5.74, 6) is 0.327. The predicted molar refractivity (Wildman–Crippen MR) is 128 cm³/mol. The van der Waals surface area contributed by atoms with Crippen LogP contribution in [-0.4, -0.2) is 28.2 Å². The van der Waals surface area contributed by atoms with Crippen molar-refractivity contribution in [1.82, 2.24) is 15.2 Å². The Morgan fingerprint density at radius 1 is 0.970 bits per heavy atom. The predicted octanol–water partition coefficient (Wildman–Crippen LogP) is 5.20. The number of rotatable bonds is 6. The van der Waals surface area contributed by atoms with Crippen LogP contribution >= 0.6 is 0 Å². The summed E-state index contributed by atoms with van der Waals surface area (Å²) >= 11 is 0. The van der Waals surface area contributed by atoms with Gasteiger partial charge in [0.05, 0.1) is 13.5 Å². The molecule has 0 fully saturated rings. The van der Waals surface area contributed by atoms with Crippen LogP contribution in [0, 0.1) is 0 Å². The number of hydrogen-bond acceptors (Lipinski definition) is 5. The van der Waals surface area contributed by atoms with Gasteiger partial charge in [-0.25, -0.2) is 4.79 Å². The van der Waals surface area contributed by atoms with Gasteiger partial charge >= 0.3 is 5.97 Å². The molecule has 4 aromatic rings. The quantitative estimate of drug-likeness (QED) is 0.388. The standard InChI is InChI=1S/C27H23N3O3/c1-3-19-21(16-18-10-5-4-6-11-18)20-12-9-15-25(32-2)27(20)22(19)17-26(31)33-30-24-14-8-7-13-23(24)28-29-30/h4-16H,3,17H2,1-2H3/b21-16-. The number of carbonyl (C=O) groups is 1. The molecule has 0 saturated heterocycles. The Morgan fingerprint density at radius 3 is 2.55 bits per heavy atom. The summed E-state index contributed by atoms with van der Waals surface area (Å²) in [6, 6.07) is 23.5. The lowest BCUT2D eigenvalue weighted by Crippen LogP contribution is -2.21. The first-order chi connectivity index (χ1) is 16.2. The van der Waals surface area contributed by atoms with Crippen molar-refractivity contribution >= 4 is 34.2 Å². The maximum atomic E-state index is 13.0. The molecule has 1 aromatic heterocycles. The van der Waals surface area contributed by atoms with Crippen molar-refractivity contribution in [3.05, 3.63) is 95.1 Å². The van der Waals surface area contributed by atoms with Gasteiger partial charge in [-0.3, -0.25) is 0 Å². The van der Waals surface area contributed by atoms with E-state index in [1.165, 1.54) is 4.85 Å². The fourth-order valence-electron chi connectivity index (χ4n) is 4.38. The molecule has 3 aromatic carbocycles. The van der Waals surface area contributed by atoms with Gasteiger partial charge in [0.2, 0.25) is 0 Å². The van der Waals surface area contributed by atoms with Gasteiger partial charge in [0, 0.05) is 5.56 Å². The normalized spacial score (nSPS) is 14.1. The molecule has 5 rings (SSSR count). The van der Waals surface area contributed by atoms with Crippen LogP contribution in [0.15, 0.2) is 78.4 Å². The van der Waals surface area contributed by atoms with Crippen molar-refractivity contribution in [2.75, 3.05) is 7.11 Å². The minimum atomic E-state index is -0.413. The van der Waals surface area contributed by atoms with E-state index in [2.05, 4.69) is 41.5 Å². The summed E-state index contributed by atoms with van der Waals surface area (Å²) in [6.45, 7) is 2.10. The maximum absolute atomic E-state index is 13.0. The Morgan fingerprint density at radius 2 is 1.76 bits per heavy atom. The highest BCUT2D eigenvalue weighted by atomic mass is 16.7. The highest BCUT2D eigenvalue weighted by molar-refractivity contribution is 6.09. The molecule has 164 valence electrons. The molecule has 6 nitrogen and oxygen atoms in total. The van der Waals surface area contributed by atoms with E-state index < -0.39 is 5.97 Å². The fourth-order valence-corrected chi connectivity index (χ4v) is 4.38. The Kier molecular flexibility index (Phi) is 5.48. The van der Waals surface area contributed by atoms with E-state index in [0.717, 1.165) is 45.6 Å². The molecular formula is C27H23N3O3. The molecule has 1 aliphatic rings. The zero-order valence-corrected chi connectivity index (χ0v) is 18.5. The average Bonchev–Trinajstić information content (AvgIpc) is 3.38. The number of carbonyl (C=O) groups excluding carboxylic acids is 1. The average molecular weight is 437 g/mol. The summed E-state index contributed by atoms with van der Waals surface area (Å²) in [5, 5.41) is 8.02. The Hall–Kier alpha value is -4.19. The van der Waals surface area contributed by atoms with Crippen LogP contribution in [0.1, 0.15) is 36.5 Å². The topological polar surface area (TPSA) is 66.2 Å². The molecule has 0 unspecified atom stereocenters. The van der Waals surface area contributed by atoms with E-state index in [1.54, 1.807) is 7.11 Å². The highest BCUT2D eigenvalue weighted by Gasteiger charge is 2.30. The monoisotopic (exact) mass is 437 g/mol. The lowest BCUT2D eigenvalue weighted by atomic mass is 9.98. The Labute approximate surface area is 191 Å². The summed E-state index contributed by atoms with van der Waals surface area (Å²) in [5.41, 5.74) is 7.55. The second-order valence-corrected chi connectivity index (χ2v) is 7.75. The van der Waals surface area contributed by atoms with Crippen LogP contribution in [0.25, 0.3) is 28.3 Å². The molecule has 0 aliphatic heterocycles. The van der Waals surface area contributed by atoms with Crippen LogP contribution in [0.4, 0.5) is 0 Å². The molecule has 6 heteroatoms. The molecule has 0 bridgehead atoms. The maximum Gasteiger partial charge on any atom is 0.339 e. The van der Waals surface area contributed by atoms with Gasteiger partial charge in [-0.15, -0.1) is 5.10 Å². The molecule has 0 spiro atoms. The van der Waals surface area contributed by atoms with Crippen molar-refractivity contribution in [2.24, 2.45) is 0 Å². The van der Waals surface area contributed by atoms with Crippen LogP contribution in [0.2, 0.25) is 0 Å². The molecule has 0 amide bonds. The molecule has 0 N–H and O–H groups in total. The van der Waals surface area contributed by atoms with Gasteiger partial charge in [-0.2, -0.15) is 0 Å². The molecule has 0 radical (unpaired) electrons. The van der Waals surface area contributed by atoms with Crippen LogP contribution in [0.5, 0.6) is 5.75 Å². The lowest BCUT2D eigenvalue weighted by Gasteiger charge is -2.11. The molecular weight excluding hydrogens is 414 g/mol. The van der Waals surface area contributed by atoms with E-state index in [-0.39, 0.29) is 6.42 Å². The van der Waals surface area contributed by atoms with Gasteiger partial charge in [0.15, 0.2) is 0 Å². The van der Waals surface area contributed by atoms with Crippen molar-refractivity contribution in [3.8, 4) is 5.75 Å². The van der Waals surface area contributed by atoms with Gasteiger partial charge in [0.1, 0.15) is 16.8 Å². The third-order valence-corrected chi connectivity index (χ3v) is 5.82. The van der Waals surface area contributed by atoms with Crippen molar-refractivity contribution in [2.45, 2.75) is 19.8 Å². The number of ether oxygens (including phenoxy) is 1. The summed E-state index contributed by atoms with van der Waals surface area (Å²) in [6.07, 6.45) is 3.03. The summed E-state index contributed by atoms with van der Waals surface area (Å²) in [4.78, 5) is 19.8. The number of aromatic nitrogens is 3. The summed E-state index contributed by atoms with van der Waals surface area (Å²) < 4.78 is 5.68. The van der Waals surface area contributed by atoms with Gasteiger partial charge in [-0.1, -0.05) is 66.4 Å². The van der Waals surface area contributed by atoms with Gasteiger partial charge < -0.3 is 9.57 Å². The smallest absolute Gasteiger partial charge is 0.339 e. The lowest BCUT2D eigenvalue weighted by molar-refractivity contribution is -0.144. The molecule has 1 heterocycles. The third kappa shape index (κ3) is 3.80. The highest BCUT2D eigenvalue weighted by Crippen LogP contribution is 2.48. The fraction of sp³-hybridized carbons (Fsp3) is 0.148. The van der Waals surface area contributed by atoms with Gasteiger partial charge in [0.25, 0.3) is 0 Å². The first-order valence-corrected chi connectivity index (χ1v) is 10.9. The minimum Gasteiger partial charge on any atom is -0.496 e. The van der Waals surface area contributed by atoms with E-state index in [1.807, 2.05) is 54.6 Å². The third-order valence-electron chi connectivity index (χ3n) is 5.82. The number of methoxy groups -OCH3 is 1. The Bertz CT molecular complexity index is 1400. The van der Waals surface area contributed by atoms with E-state index in [0.29, 0.717) is 11.0 Å². The second kappa shape index (κ2) is 8.74. The van der Waals surface area contributed by atoms with E-state index in [4.69, 9.17) is 9.57 Å². The van der Waals surface area contributed by atoms with Crippen molar-refractivity contribution in [1.29, 1.82) is 0 Å². The van der Waals surface area contributed by atoms with Crippen LogP contribution in [0.3, 0.4) is 0 Å². The minimum absolute atomic E-state index is 0.0941. The van der Waals surface area contributed by atoms with Crippen LogP contribution < -0.4 is 9.57 Å². The number of hydrogen-bond donors (Lipinski definition) is 0. The van der Waals surface area contributed by atoms with Gasteiger partial charge in [-0.05, 0) is 63.8 Å². The number of para-hydroxylation sites is 1. The summed E-state index contributed by atoms with van der Waals surface area (Å²) in [7, 11) is 1.65. The molecule has 33 heavy (non-hydrogen) atoms. The van der Waals surface area contributed by atoms with E-state index >= 15 is 0 Å². The second-order valence-electron chi connectivity index (χ2n) is 7.75. The zero-order chi connectivity index (χ0) is 22.8. The van der Waals surface area contributed by atoms with Crippen molar-refractivity contribution < 1.29 is 14.4 Å². The number of fused-ring (bicyclic) bond motifs is 2. The number of allylic oxidation sites excluding steroid dienone is 2. The first-order valence-electron chi connectivity index (χ1n) is 10.9.